The zero-order chi connectivity index (χ0) is 13.8. The summed E-state index contributed by atoms with van der Waals surface area (Å²) in [4.78, 5) is 8.70. The van der Waals surface area contributed by atoms with E-state index in [1.165, 1.54) is 0 Å². The summed E-state index contributed by atoms with van der Waals surface area (Å²) in [5, 5.41) is 4.37. The molecule has 0 fully saturated rings. The van der Waals surface area contributed by atoms with Gasteiger partial charge < -0.3 is 5.32 Å². The maximum atomic E-state index is 6.21. The first-order valence-electron chi connectivity index (χ1n) is 6.00. The number of hydrogen-bond donors (Lipinski definition) is 1. The van der Waals surface area contributed by atoms with Crippen molar-refractivity contribution in [3.05, 3.63) is 57.6 Å². The van der Waals surface area contributed by atoms with Crippen molar-refractivity contribution in [2.45, 2.75) is 19.4 Å². The van der Waals surface area contributed by atoms with E-state index in [9.17, 15) is 0 Å². The van der Waals surface area contributed by atoms with Crippen LogP contribution in [0.5, 0.6) is 0 Å². The highest BCUT2D eigenvalue weighted by Gasteiger charge is 2.15. The van der Waals surface area contributed by atoms with Crippen LogP contribution in [0.2, 0.25) is 10.0 Å². The number of aryl methyl sites for hydroxylation is 1. The average Bonchev–Trinajstić information content (AvgIpc) is 2.42. The van der Waals surface area contributed by atoms with E-state index >= 15 is 0 Å². The Bertz CT molecular complexity index is 555. The first-order valence-corrected chi connectivity index (χ1v) is 6.76. The Hall–Kier alpha value is -1.16. The molecule has 3 nitrogen and oxygen atoms in total. The van der Waals surface area contributed by atoms with E-state index in [-0.39, 0.29) is 6.04 Å². The second-order valence-electron chi connectivity index (χ2n) is 4.38. The van der Waals surface area contributed by atoms with Crippen LogP contribution in [0.4, 0.5) is 0 Å². The van der Waals surface area contributed by atoms with E-state index < -0.39 is 0 Å². The van der Waals surface area contributed by atoms with Gasteiger partial charge in [-0.2, -0.15) is 0 Å². The van der Waals surface area contributed by atoms with Gasteiger partial charge in [0.25, 0.3) is 0 Å². The summed E-state index contributed by atoms with van der Waals surface area (Å²) in [5.41, 5.74) is 2.03. The number of hydrogen-bond acceptors (Lipinski definition) is 3. The fraction of sp³-hybridized carbons (Fsp3) is 0.286. The van der Waals surface area contributed by atoms with Gasteiger partial charge in [-0.05, 0) is 37.6 Å². The summed E-state index contributed by atoms with van der Waals surface area (Å²) >= 11 is 12.2. The van der Waals surface area contributed by atoms with Gasteiger partial charge in [-0.25, -0.2) is 9.97 Å². The van der Waals surface area contributed by atoms with Crippen molar-refractivity contribution < 1.29 is 0 Å². The highest BCUT2D eigenvalue weighted by Crippen LogP contribution is 2.28. The maximum absolute atomic E-state index is 6.21. The molecule has 0 bridgehead atoms. The van der Waals surface area contributed by atoms with Gasteiger partial charge in [-0.3, -0.25) is 0 Å². The zero-order valence-electron chi connectivity index (χ0n) is 10.8. The number of nitrogens with one attached hydrogen (secondary N) is 1. The molecule has 1 N–H and O–H groups in total. The van der Waals surface area contributed by atoms with Crippen LogP contribution in [0.15, 0.2) is 30.6 Å². The van der Waals surface area contributed by atoms with Gasteiger partial charge in [0.1, 0.15) is 5.82 Å². The van der Waals surface area contributed by atoms with Gasteiger partial charge in [0.15, 0.2) is 0 Å². The van der Waals surface area contributed by atoms with E-state index in [1.807, 2.05) is 38.5 Å². The third-order valence-electron chi connectivity index (χ3n) is 2.92. The molecule has 0 aliphatic rings. The molecule has 1 heterocycles. The largest absolute Gasteiger partial charge is 0.310 e. The van der Waals surface area contributed by atoms with Crippen molar-refractivity contribution in [1.82, 2.24) is 15.3 Å². The third-order valence-corrected chi connectivity index (χ3v) is 3.77. The number of halogens is 2. The Balaban J connectivity index is 2.24. The van der Waals surface area contributed by atoms with Crippen molar-refractivity contribution in [3.8, 4) is 0 Å². The van der Waals surface area contributed by atoms with Gasteiger partial charge in [0, 0.05) is 12.4 Å². The van der Waals surface area contributed by atoms with E-state index in [2.05, 4.69) is 15.3 Å². The normalized spacial score (nSPS) is 12.4. The Morgan fingerprint density at radius 1 is 1.21 bits per heavy atom. The molecule has 0 saturated heterocycles. The minimum atomic E-state index is 0.0107. The Labute approximate surface area is 123 Å². The Morgan fingerprint density at radius 2 is 1.89 bits per heavy atom. The van der Waals surface area contributed by atoms with Crippen molar-refractivity contribution in [2.24, 2.45) is 0 Å². The monoisotopic (exact) mass is 295 g/mol. The summed E-state index contributed by atoms with van der Waals surface area (Å²) in [7, 11) is 1.88. The molecule has 1 aromatic heterocycles. The van der Waals surface area contributed by atoms with E-state index in [0.29, 0.717) is 16.5 Å². The number of benzene rings is 1. The zero-order valence-corrected chi connectivity index (χ0v) is 12.3. The molecule has 1 unspecified atom stereocenters. The Kier molecular flexibility index (Phi) is 4.75. The molecule has 100 valence electrons. The lowest BCUT2D eigenvalue weighted by atomic mass is 10.1. The first-order chi connectivity index (χ1) is 9.11. The number of aromatic nitrogens is 2. The van der Waals surface area contributed by atoms with Crippen LogP contribution in [-0.2, 0) is 6.42 Å². The first kappa shape index (κ1) is 14.3. The molecule has 1 atom stereocenters. The fourth-order valence-corrected chi connectivity index (χ4v) is 2.23. The molecule has 2 aromatic rings. The summed E-state index contributed by atoms with van der Waals surface area (Å²) in [5.74, 6) is 0.754. The summed E-state index contributed by atoms with van der Waals surface area (Å²) in [6.07, 6.45) is 4.32. The van der Waals surface area contributed by atoms with Crippen LogP contribution in [0.1, 0.15) is 23.0 Å². The van der Waals surface area contributed by atoms with Gasteiger partial charge in [0.05, 0.1) is 16.1 Å². The minimum absolute atomic E-state index is 0.0107. The Morgan fingerprint density at radius 3 is 2.53 bits per heavy atom. The SMILES string of the molecule is CNC(Cc1cccc(Cl)c1Cl)c1ncc(C)cn1. The van der Waals surface area contributed by atoms with Crippen LogP contribution in [0.25, 0.3) is 0 Å². The third kappa shape index (κ3) is 3.44. The van der Waals surface area contributed by atoms with Crippen LogP contribution in [-0.4, -0.2) is 17.0 Å². The molecule has 0 saturated carbocycles. The number of rotatable bonds is 4. The maximum Gasteiger partial charge on any atom is 0.145 e. The van der Waals surface area contributed by atoms with Crippen molar-refractivity contribution in [1.29, 1.82) is 0 Å². The van der Waals surface area contributed by atoms with E-state index in [1.54, 1.807) is 6.07 Å². The second kappa shape index (κ2) is 6.33. The molecule has 2 rings (SSSR count). The smallest absolute Gasteiger partial charge is 0.145 e. The lowest BCUT2D eigenvalue weighted by molar-refractivity contribution is 0.556. The molecular weight excluding hydrogens is 281 g/mol. The van der Waals surface area contributed by atoms with E-state index in [0.717, 1.165) is 17.0 Å². The van der Waals surface area contributed by atoms with Crippen LogP contribution < -0.4 is 5.32 Å². The van der Waals surface area contributed by atoms with Crippen LogP contribution >= 0.6 is 23.2 Å². The number of likely N-dealkylation sites (N-methyl/N-ethyl adjacent to an activating group) is 1. The molecular formula is C14H15Cl2N3. The van der Waals surface area contributed by atoms with Gasteiger partial charge in [0.2, 0.25) is 0 Å². The minimum Gasteiger partial charge on any atom is -0.310 e. The highest BCUT2D eigenvalue weighted by atomic mass is 35.5. The molecule has 1 aromatic carbocycles. The summed E-state index contributed by atoms with van der Waals surface area (Å²) in [6, 6.07) is 5.65. The quantitative estimate of drug-likeness (QED) is 0.937. The molecule has 5 heteroatoms. The molecule has 0 aliphatic heterocycles. The van der Waals surface area contributed by atoms with Crippen molar-refractivity contribution in [3.63, 3.8) is 0 Å². The summed E-state index contributed by atoms with van der Waals surface area (Å²) in [6.45, 7) is 1.96. The molecule has 0 aliphatic carbocycles. The fourth-order valence-electron chi connectivity index (χ4n) is 1.83. The lowest BCUT2D eigenvalue weighted by Gasteiger charge is -2.16. The second-order valence-corrected chi connectivity index (χ2v) is 5.16. The summed E-state index contributed by atoms with van der Waals surface area (Å²) < 4.78 is 0. The van der Waals surface area contributed by atoms with E-state index in [4.69, 9.17) is 23.2 Å². The topological polar surface area (TPSA) is 37.8 Å². The predicted molar refractivity (Wildman–Crippen MR) is 78.7 cm³/mol. The average molecular weight is 296 g/mol. The molecule has 19 heavy (non-hydrogen) atoms. The van der Waals surface area contributed by atoms with Crippen LogP contribution in [0.3, 0.4) is 0 Å². The van der Waals surface area contributed by atoms with Gasteiger partial charge in [-0.1, -0.05) is 35.3 Å². The molecule has 0 radical (unpaired) electrons. The van der Waals surface area contributed by atoms with Crippen LogP contribution in [0, 0.1) is 6.92 Å². The van der Waals surface area contributed by atoms with Crippen molar-refractivity contribution in [2.75, 3.05) is 7.05 Å². The highest BCUT2D eigenvalue weighted by molar-refractivity contribution is 6.42. The van der Waals surface area contributed by atoms with Gasteiger partial charge in [-0.15, -0.1) is 0 Å². The lowest BCUT2D eigenvalue weighted by Crippen LogP contribution is -2.21. The number of nitrogens with zero attached hydrogens (tertiary/aromatic N) is 2. The molecule has 0 spiro atoms. The standard InChI is InChI=1S/C14H15Cl2N3/c1-9-7-18-14(19-8-9)12(17-2)6-10-4-3-5-11(15)13(10)16/h3-5,7-8,12,17H,6H2,1-2H3. The predicted octanol–water partition coefficient (Wildman–Crippen LogP) is 3.60. The van der Waals surface area contributed by atoms with Gasteiger partial charge >= 0.3 is 0 Å². The molecule has 0 amide bonds. The van der Waals surface area contributed by atoms with Crippen molar-refractivity contribution >= 4 is 23.2 Å².